The molecule has 1 aromatic heterocycles. The molecule has 0 saturated carbocycles. The molecule has 0 aliphatic heterocycles. The van der Waals surface area contributed by atoms with E-state index < -0.39 is 0 Å². The van der Waals surface area contributed by atoms with Crippen LogP contribution in [0.5, 0.6) is 0 Å². The zero-order valence-electron chi connectivity index (χ0n) is 12.1. The second-order valence-corrected chi connectivity index (χ2v) is 4.55. The molecule has 0 radical (unpaired) electrons. The van der Waals surface area contributed by atoms with Crippen molar-refractivity contribution in [3.05, 3.63) is 11.8 Å². The lowest BCUT2D eigenvalue weighted by molar-refractivity contribution is -0.143. The number of hydrogen-bond acceptors (Lipinski definition) is 6. The molecule has 0 bridgehead atoms. The van der Waals surface area contributed by atoms with Crippen LogP contribution in [0.2, 0.25) is 0 Å². The number of carbonyl (C=O) groups excluding carboxylic acids is 2. The molecule has 0 unspecified atom stereocenters. The predicted octanol–water partition coefficient (Wildman–Crippen LogP) is 1.28. The second-order valence-electron chi connectivity index (χ2n) is 4.55. The van der Waals surface area contributed by atoms with Crippen LogP contribution in [0, 0.1) is 0 Å². The lowest BCUT2D eigenvalue weighted by Gasteiger charge is -2.04. The van der Waals surface area contributed by atoms with Gasteiger partial charge in [-0.05, 0) is 12.8 Å². The van der Waals surface area contributed by atoms with Gasteiger partial charge in [0.05, 0.1) is 25.3 Å². The highest BCUT2D eigenvalue weighted by Crippen LogP contribution is 2.17. The summed E-state index contributed by atoms with van der Waals surface area (Å²) >= 11 is 0. The summed E-state index contributed by atoms with van der Waals surface area (Å²) in [6, 6.07) is 1.70. The van der Waals surface area contributed by atoms with Gasteiger partial charge in [0, 0.05) is 12.6 Å². The van der Waals surface area contributed by atoms with Crippen molar-refractivity contribution in [2.24, 2.45) is 0 Å². The number of amides is 1. The Bertz CT molecular complexity index is 443. The monoisotopic (exact) mass is 283 g/mol. The summed E-state index contributed by atoms with van der Waals surface area (Å²) in [6.45, 7) is 6.57. The predicted molar refractivity (Wildman–Crippen MR) is 73.3 cm³/mol. The molecule has 7 nitrogen and oxygen atoms in total. The summed E-state index contributed by atoms with van der Waals surface area (Å²) in [5.74, 6) is 0.0375. The quantitative estimate of drug-likeness (QED) is 0.551. The van der Waals surface area contributed by atoms with Gasteiger partial charge < -0.3 is 14.6 Å². The average Bonchev–Trinajstić information content (AvgIpc) is 2.83. The molecule has 0 aromatic carbocycles. The van der Waals surface area contributed by atoms with Crippen LogP contribution in [0.1, 0.15) is 38.8 Å². The maximum absolute atomic E-state index is 11.6. The van der Waals surface area contributed by atoms with Crippen molar-refractivity contribution in [3.8, 4) is 0 Å². The highest BCUT2D eigenvalue weighted by atomic mass is 16.5. The molecule has 0 saturated heterocycles. The fourth-order valence-electron chi connectivity index (χ4n) is 1.43. The van der Waals surface area contributed by atoms with Crippen molar-refractivity contribution in [3.63, 3.8) is 0 Å². The first kappa shape index (κ1) is 16.2. The number of carbonyl (C=O) groups is 2. The van der Waals surface area contributed by atoms with Crippen LogP contribution in [-0.4, -0.2) is 36.7 Å². The largest absolute Gasteiger partial charge is 0.466 e. The normalized spacial score (nSPS) is 10.6. The Kier molecular flexibility index (Phi) is 6.72. The molecule has 1 aromatic rings. The molecule has 0 fully saturated rings. The fraction of sp³-hybridized carbons (Fsp3) is 0.615. The van der Waals surface area contributed by atoms with Crippen molar-refractivity contribution in [2.45, 2.75) is 33.1 Å². The number of rotatable bonds is 8. The number of esters is 1. The Labute approximate surface area is 118 Å². The van der Waals surface area contributed by atoms with Crippen LogP contribution in [0.15, 0.2) is 10.6 Å². The molecular weight excluding hydrogens is 262 g/mol. The SMILES string of the molecule is CCOC(=O)CCNCC(=O)Nc1cc(C(C)C)no1. The standard InChI is InChI=1S/C13H21N3O4/c1-4-19-13(18)5-6-14-8-11(17)15-12-7-10(9(2)3)16-20-12/h7,9,14H,4-6,8H2,1-3H3,(H,15,17). The molecule has 0 atom stereocenters. The maximum atomic E-state index is 11.6. The molecule has 0 aliphatic carbocycles. The van der Waals surface area contributed by atoms with Crippen LogP contribution < -0.4 is 10.6 Å². The topological polar surface area (TPSA) is 93.5 Å². The first-order chi connectivity index (χ1) is 9.52. The van der Waals surface area contributed by atoms with Gasteiger partial charge in [0.25, 0.3) is 0 Å². The van der Waals surface area contributed by atoms with E-state index in [0.717, 1.165) is 5.69 Å². The summed E-state index contributed by atoms with van der Waals surface area (Å²) in [5, 5.41) is 9.27. The zero-order valence-corrected chi connectivity index (χ0v) is 12.1. The van der Waals surface area contributed by atoms with Crippen LogP contribution in [0.3, 0.4) is 0 Å². The Morgan fingerprint density at radius 2 is 2.20 bits per heavy atom. The molecule has 0 aliphatic rings. The molecule has 0 spiro atoms. The van der Waals surface area contributed by atoms with Gasteiger partial charge in [-0.1, -0.05) is 19.0 Å². The summed E-state index contributed by atoms with van der Waals surface area (Å²) < 4.78 is 9.76. The number of aromatic nitrogens is 1. The molecule has 1 rings (SSSR count). The molecule has 1 amide bonds. The highest BCUT2D eigenvalue weighted by molar-refractivity contribution is 5.91. The molecule has 7 heteroatoms. The van der Waals surface area contributed by atoms with Gasteiger partial charge in [-0.15, -0.1) is 0 Å². The van der Waals surface area contributed by atoms with Gasteiger partial charge in [-0.3, -0.25) is 14.9 Å². The van der Waals surface area contributed by atoms with Gasteiger partial charge >= 0.3 is 5.97 Å². The fourth-order valence-corrected chi connectivity index (χ4v) is 1.43. The summed E-state index contributed by atoms with van der Waals surface area (Å²) in [5.41, 5.74) is 0.788. The second kappa shape index (κ2) is 8.31. The van der Waals surface area contributed by atoms with E-state index in [2.05, 4.69) is 15.8 Å². The van der Waals surface area contributed by atoms with Crippen molar-refractivity contribution >= 4 is 17.8 Å². The van der Waals surface area contributed by atoms with Crippen LogP contribution in [-0.2, 0) is 14.3 Å². The van der Waals surface area contributed by atoms with E-state index in [1.54, 1.807) is 13.0 Å². The Morgan fingerprint density at radius 3 is 2.80 bits per heavy atom. The zero-order chi connectivity index (χ0) is 15.0. The van der Waals surface area contributed by atoms with Gasteiger partial charge in [0.1, 0.15) is 0 Å². The average molecular weight is 283 g/mol. The van der Waals surface area contributed by atoms with Crippen LogP contribution in [0.25, 0.3) is 0 Å². The van der Waals surface area contributed by atoms with E-state index in [-0.39, 0.29) is 30.8 Å². The van der Waals surface area contributed by atoms with E-state index in [9.17, 15) is 9.59 Å². The van der Waals surface area contributed by atoms with E-state index in [0.29, 0.717) is 19.0 Å². The summed E-state index contributed by atoms with van der Waals surface area (Å²) in [6.07, 6.45) is 0.237. The van der Waals surface area contributed by atoms with E-state index >= 15 is 0 Å². The maximum Gasteiger partial charge on any atom is 0.307 e. The van der Waals surface area contributed by atoms with Gasteiger partial charge in [0.15, 0.2) is 0 Å². The number of nitrogens with zero attached hydrogens (tertiary/aromatic N) is 1. The van der Waals surface area contributed by atoms with Gasteiger partial charge in [-0.2, -0.15) is 0 Å². The lowest BCUT2D eigenvalue weighted by Crippen LogP contribution is -2.29. The van der Waals surface area contributed by atoms with Crippen molar-refractivity contribution in [2.75, 3.05) is 25.0 Å². The third-order valence-corrected chi connectivity index (χ3v) is 2.48. The summed E-state index contributed by atoms with van der Waals surface area (Å²) in [7, 11) is 0. The minimum absolute atomic E-state index is 0.0944. The number of hydrogen-bond donors (Lipinski definition) is 2. The van der Waals surface area contributed by atoms with Crippen molar-refractivity contribution < 1.29 is 18.8 Å². The smallest absolute Gasteiger partial charge is 0.307 e. The van der Waals surface area contributed by atoms with E-state index in [1.807, 2.05) is 13.8 Å². The first-order valence-corrected chi connectivity index (χ1v) is 6.65. The van der Waals surface area contributed by atoms with Gasteiger partial charge in [-0.25, -0.2) is 0 Å². The highest BCUT2D eigenvalue weighted by Gasteiger charge is 2.10. The van der Waals surface area contributed by atoms with Gasteiger partial charge in [0.2, 0.25) is 11.8 Å². The van der Waals surface area contributed by atoms with Crippen LogP contribution >= 0.6 is 0 Å². The Hall–Kier alpha value is -1.89. The van der Waals surface area contributed by atoms with Crippen molar-refractivity contribution in [1.29, 1.82) is 0 Å². The lowest BCUT2D eigenvalue weighted by atomic mass is 10.1. The molecule has 20 heavy (non-hydrogen) atoms. The minimum atomic E-state index is -0.280. The molecular formula is C13H21N3O4. The Morgan fingerprint density at radius 1 is 1.45 bits per heavy atom. The van der Waals surface area contributed by atoms with E-state index in [1.165, 1.54) is 0 Å². The molecule has 1 heterocycles. The first-order valence-electron chi connectivity index (χ1n) is 6.65. The molecule has 2 N–H and O–H groups in total. The van der Waals surface area contributed by atoms with Crippen molar-refractivity contribution in [1.82, 2.24) is 10.5 Å². The third-order valence-electron chi connectivity index (χ3n) is 2.48. The van der Waals surface area contributed by atoms with Crippen LogP contribution in [0.4, 0.5) is 5.88 Å². The minimum Gasteiger partial charge on any atom is -0.466 e. The summed E-state index contributed by atoms with van der Waals surface area (Å²) in [4.78, 5) is 22.6. The van der Waals surface area contributed by atoms with E-state index in [4.69, 9.17) is 9.26 Å². The number of nitrogens with one attached hydrogen (secondary N) is 2. The number of anilines is 1. The molecule has 112 valence electrons. The third kappa shape index (κ3) is 5.83. The Balaban J connectivity index is 2.21. The number of ether oxygens (including phenoxy) is 1.